The van der Waals surface area contributed by atoms with Crippen molar-refractivity contribution < 1.29 is 18.0 Å². The Hall–Kier alpha value is -2.07. The third-order valence-electron chi connectivity index (χ3n) is 4.29. The number of rotatable bonds is 6. The lowest BCUT2D eigenvalue weighted by atomic mass is 10.2. The number of carbonyl (C=O) groups excluding carboxylic acids is 2. The molecule has 2 atom stereocenters. The van der Waals surface area contributed by atoms with Crippen LogP contribution in [0.3, 0.4) is 0 Å². The average molecular weight is 454 g/mol. The summed E-state index contributed by atoms with van der Waals surface area (Å²) in [4.78, 5) is 24.5. The largest absolute Gasteiger partial charge is 0.331 e. The number of amides is 2. The number of hydrogen-bond donors (Lipinski definition) is 3. The van der Waals surface area contributed by atoms with Gasteiger partial charge >= 0.3 is 0 Å². The predicted molar refractivity (Wildman–Crippen MR) is 115 cm³/mol. The summed E-state index contributed by atoms with van der Waals surface area (Å²) < 4.78 is 25.4. The Balaban J connectivity index is 1.53. The molecular formula is C19H20ClN3O4S2. The molecule has 3 rings (SSSR count). The molecule has 0 spiro atoms. The molecule has 1 aliphatic rings. The van der Waals surface area contributed by atoms with Crippen molar-refractivity contribution in [2.45, 2.75) is 22.6 Å². The van der Waals surface area contributed by atoms with Crippen LogP contribution in [-0.4, -0.2) is 43.3 Å². The zero-order valence-electron chi connectivity index (χ0n) is 15.5. The maximum absolute atomic E-state index is 12.7. The fraction of sp³-hybridized carbons (Fsp3) is 0.263. The van der Waals surface area contributed by atoms with Crippen LogP contribution in [0.25, 0.3) is 0 Å². The zero-order valence-corrected chi connectivity index (χ0v) is 17.9. The van der Waals surface area contributed by atoms with Crippen LogP contribution in [0.15, 0.2) is 53.4 Å². The highest BCUT2D eigenvalue weighted by Crippen LogP contribution is 2.21. The third-order valence-corrected chi connectivity index (χ3v) is 7.65. The first-order chi connectivity index (χ1) is 13.8. The van der Waals surface area contributed by atoms with Crippen molar-refractivity contribution in [2.75, 3.05) is 17.6 Å². The second-order valence-corrected chi connectivity index (χ2v) is 10.2. The van der Waals surface area contributed by atoms with Crippen LogP contribution in [0.4, 0.5) is 5.69 Å². The smallest absolute Gasteiger partial charge is 0.241 e. The van der Waals surface area contributed by atoms with Gasteiger partial charge in [0.15, 0.2) is 15.1 Å². The van der Waals surface area contributed by atoms with E-state index in [4.69, 9.17) is 11.6 Å². The van der Waals surface area contributed by atoms with E-state index in [-0.39, 0.29) is 23.1 Å². The molecule has 1 fully saturated rings. The van der Waals surface area contributed by atoms with Gasteiger partial charge in [0.05, 0.1) is 10.6 Å². The zero-order chi connectivity index (χ0) is 21.0. The van der Waals surface area contributed by atoms with E-state index in [0.29, 0.717) is 10.7 Å². The van der Waals surface area contributed by atoms with Crippen molar-refractivity contribution in [1.29, 1.82) is 0 Å². The van der Waals surface area contributed by atoms with Crippen LogP contribution < -0.4 is 16.0 Å². The number of halogens is 1. The molecule has 1 aliphatic heterocycles. The minimum absolute atomic E-state index is 0.0347. The first-order valence-electron chi connectivity index (χ1n) is 8.77. The molecule has 3 N–H and O–H groups in total. The fourth-order valence-electron chi connectivity index (χ4n) is 2.71. The number of sulfone groups is 1. The van der Waals surface area contributed by atoms with Gasteiger partial charge in [-0.15, -0.1) is 11.8 Å². The Morgan fingerprint density at radius 1 is 1.17 bits per heavy atom. The summed E-state index contributed by atoms with van der Waals surface area (Å²) in [7, 11) is -3.85. The molecule has 1 saturated heterocycles. The Morgan fingerprint density at radius 3 is 2.45 bits per heavy atom. The van der Waals surface area contributed by atoms with Crippen LogP contribution >= 0.6 is 23.4 Å². The van der Waals surface area contributed by atoms with E-state index < -0.39 is 26.5 Å². The molecule has 0 aliphatic carbocycles. The molecule has 2 amide bonds. The summed E-state index contributed by atoms with van der Waals surface area (Å²) in [6, 6.07) is 13.1. The second kappa shape index (κ2) is 9.17. The van der Waals surface area contributed by atoms with Crippen molar-refractivity contribution in [3.8, 4) is 0 Å². The number of aryl methyl sites for hydroxylation is 1. The van der Waals surface area contributed by atoms with Gasteiger partial charge < -0.3 is 10.6 Å². The molecule has 0 aromatic heterocycles. The summed E-state index contributed by atoms with van der Waals surface area (Å²) >= 11 is 6.97. The highest BCUT2D eigenvalue weighted by atomic mass is 35.5. The van der Waals surface area contributed by atoms with Gasteiger partial charge in [-0.05, 0) is 43.3 Å². The number of benzene rings is 2. The van der Waals surface area contributed by atoms with Crippen molar-refractivity contribution in [3.63, 3.8) is 0 Å². The molecule has 2 unspecified atom stereocenters. The lowest BCUT2D eigenvalue weighted by molar-refractivity contribution is -0.122. The van der Waals surface area contributed by atoms with Crippen LogP contribution in [0, 0.1) is 6.92 Å². The molecular weight excluding hydrogens is 434 g/mol. The van der Waals surface area contributed by atoms with Crippen LogP contribution in [-0.2, 0) is 19.4 Å². The maximum Gasteiger partial charge on any atom is 0.241 e. The van der Waals surface area contributed by atoms with Gasteiger partial charge in [-0.1, -0.05) is 29.3 Å². The highest BCUT2D eigenvalue weighted by Gasteiger charge is 2.38. The normalized spacial score (nSPS) is 19.4. The van der Waals surface area contributed by atoms with E-state index in [2.05, 4.69) is 16.0 Å². The predicted octanol–water partition coefficient (Wildman–Crippen LogP) is 2.17. The monoisotopic (exact) mass is 453 g/mol. The molecule has 10 heteroatoms. The minimum Gasteiger partial charge on any atom is -0.331 e. The fourth-order valence-corrected chi connectivity index (χ4v) is 5.15. The van der Waals surface area contributed by atoms with E-state index >= 15 is 0 Å². The summed E-state index contributed by atoms with van der Waals surface area (Å²) in [6.07, 6.45) is 0. The molecule has 2 aromatic carbocycles. The Labute approximate surface area is 178 Å². The third kappa shape index (κ3) is 5.51. The Morgan fingerprint density at radius 2 is 1.83 bits per heavy atom. The highest BCUT2D eigenvalue weighted by molar-refractivity contribution is 8.00. The van der Waals surface area contributed by atoms with Crippen molar-refractivity contribution in [3.05, 3.63) is 59.1 Å². The van der Waals surface area contributed by atoms with Gasteiger partial charge in [-0.25, -0.2) is 8.42 Å². The molecule has 7 nitrogen and oxygen atoms in total. The van der Waals surface area contributed by atoms with Crippen LogP contribution in [0.1, 0.15) is 5.56 Å². The first-order valence-corrected chi connectivity index (χ1v) is 11.7. The van der Waals surface area contributed by atoms with E-state index in [9.17, 15) is 18.0 Å². The number of thioether (sulfide) groups is 1. The maximum atomic E-state index is 12.7. The van der Waals surface area contributed by atoms with Gasteiger partial charge in [-0.3, -0.25) is 14.9 Å². The van der Waals surface area contributed by atoms with E-state index in [1.165, 1.54) is 36.0 Å². The first kappa shape index (κ1) is 21.6. The summed E-state index contributed by atoms with van der Waals surface area (Å²) in [6.45, 7) is 1.91. The van der Waals surface area contributed by atoms with E-state index in [0.717, 1.165) is 5.56 Å². The summed E-state index contributed by atoms with van der Waals surface area (Å²) in [5.41, 5.74) is 1.23. The lowest BCUT2D eigenvalue weighted by Gasteiger charge is -2.29. The molecule has 2 aromatic rings. The van der Waals surface area contributed by atoms with E-state index in [1.54, 1.807) is 0 Å². The van der Waals surface area contributed by atoms with Gasteiger partial charge in [0.2, 0.25) is 11.8 Å². The number of carbonyl (C=O) groups is 2. The Kier molecular flexibility index (Phi) is 6.84. The van der Waals surface area contributed by atoms with Crippen molar-refractivity contribution in [1.82, 2.24) is 10.6 Å². The van der Waals surface area contributed by atoms with Gasteiger partial charge in [0.25, 0.3) is 0 Å². The van der Waals surface area contributed by atoms with Crippen LogP contribution in [0.5, 0.6) is 0 Å². The molecule has 0 bridgehead atoms. The quantitative estimate of drug-likeness (QED) is 0.619. The van der Waals surface area contributed by atoms with Gasteiger partial charge in [0, 0.05) is 17.3 Å². The SMILES string of the molecule is Cc1ccc(NC(=O)CSC2NCC(S(=O)(=O)c3ccc(Cl)cc3)C(=O)N2)cc1. The molecule has 0 saturated carbocycles. The lowest BCUT2D eigenvalue weighted by Crippen LogP contribution is -2.59. The summed E-state index contributed by atoms with van der Waals surface area (Å²) in [5, 5.41) is 7.50. The minimum atomic E-state index is -3.85. The Bertz CT molecular complexity index is 995. The van der Waals surface area contributed by atoms with Gasteiger partial charge in [0.1, 0.15) is 5.50 Å². The molecule has 154 valence electrons. The molecule has 1 heterocycles. The van der Waals surface area contributed by atoms with Crippen molar-refractivity contribution >= 4 is 50.7 Å². The van der Waals surface area contributed by atoms with E-state index in [1.807, 2.05) is 31.2 Å². The molecule has 0 radical (unpaired) electrons. The standard InChI is InChI=1S/C19H20ClN3O4S2/c1-12-2-6-14(7-3-12)22-17(24)11-28-19-21-10-16(18(25)23-19)29(26,27)15-8-4-13(20)5-9-15/h2-9,16,19,21H,10-11H2,1H3,(H,22,24)(H,23,25). The number of anilines is 1. The molecule has 29 heavy (non-hydrogen) atoms. The van der Waals surface area contributed by atoms with Crippen molar-refractivity contribution in [2.24, 2.45) is 0 Å². The number of nitrogens with one attached hydrogen (secondary N) is 3. The average Bonchev–Trinajstić information content (AvgIpc) is 2.68. The number of hydrogen-bond acceptors (Lipinski definition) is 6. The van der Waals surface area contributed by atoms with Gasteiger partial charge in [-0.2, -0.15) is 0 Å². The second-order valence-electron chi connectivity index (χ2n) is 6.51. The summed E-state index contributed by atoms with van der Waals surface area (Å²) in [5.74, 6) is -0.721. The topological polar surface area (TPSA) is 104 Å². The van der Waals surface area contributed by atoms with Crippen LogP contribution in [0.2, 0.25) is 5.02 Å².